The number of carbonyl (C=O) groups excluding carboxylic acids is 1. The van der Waals surface area contributed by atoms with Gasteiger partial charge in [0.2, 0.25) is 11.7 Å². The minimum Gasteiger partial charge on any atom is -0.465 e. The fourth-order valence-electron chi connectivity index (χ4n) is 4.18. The molecule has 3 aromatic carbocycles. The van der Waals surface area contributed by atoms with Crippen molar-refractivity contribution in [1.82, 2.24) is 9.97 Å². The Morgan fingerprint density at radius 1 is 1.18 bits per heavy atom. The van der Waals surface area contributed by atoms with Crippen molar-refractivity contribution in [1.29, 1.82) is 0 Å². The topological polar surface area (TPSA) is 119 Å². The summed E-state index contributed by atoms with van der Waals surface area (Å²) in [5.41, 5.74) is -2.81. The molecule has 0 saturated heterocycles. The van der Waals surface area contributed by atoms with Crippen molar-refractivity contribution < 1.29 is 28.6 Å². The van der Waals surface area contributed by atoms with Gasteiger partial charge in [0.25, 0.3) is 5.91 Å². The lowest BCUT2D eigenvalue weighted by molar-refractivity contribution is 0.0681. The molecule has 4 N–H and O–H groups in total. The predicted molar refractivity (Wildman–Crippen MR) is 118 cm³/mol. The summed E-state index contributed by atoms with van der Waals surface area (Å²) < 4.78 is 30.3. The maximum absolute atomic E-state index is 15.2. The number of hydrogen-bond donors (Lipinski definition) is 4. The number of nitrogens with zero attached hydrogens (tertiary/aromatic N) is 2. The number of halogens is 2. The molecule has 1 aliphatic rings. The van der Waals surface area contributed by atoms with E-state index in [0.717, 1.165) is 11.0 Å². The number of aromatic nitrogens is 2. The minimum absolute atomic E-state index is 0.00763. The van der Waals surface area contributed by atoms with Crippen molar-refractivity contribution in [2.24, 2.45) is 0 Å². The standard InChI is InChI=1S/C24H14F2N4O4/c1-2-12-5-3-8-18(20(12)26)30-21(31)14-6-4-7-15(25)19(14)24(30,34)13-9-10-16-17(11-13)28-22(27-16)29-23(32)33/h1,3-11,34H,(H,32,33)(H2,27,28,29). The van der Waals surface area contributed by atoms with Crippen molar-refractivity contribution in [2.45, 2.75) is 5.72 Å². The Morgan fingerprint density at radius 3 is 2.68 bits per heavy atom. The SMILES string of the molecule is C#Cc1cccc(N2C(=O)c3cccc(F)c3C2(O)c2ccc3nc(NC(=O)O)[nH]c3c2)c1F. The van der Waals surface area contributed by atoms with Gasteiger partial charge in [-0.3, -0.25) is 15.0 Å². The van der Waals surface area contributed by atoms with Gasteiger partial charge in [0.1, 0.15) is 5.82 Å². The zero-order valence-electron chi connectivity index (χ0n) is 17.1. The smallest absolute Gasteiger partial charge is 0.411 e. The van der Waals surface area contributed by atoms with Crippen LogP contribution in [-0.4, -0.2) is 32.2 Å². The van der Waals surface area contributed by atoms with E-state index in [1.165, 1.54) is 48.5 Å². The van der Waals surface area contributed by atoms with Gasteiger partial charge in [-0.05, 0) is 36.4 Å². The van der Waals surface area contributed by atoms with E-state index in [1.54, 1.807) is 0 Å². The van der Waals surface area contributed by atoms with Crippen LogP contribution in [0.3, 0.4) is 0 Å². The Morgan fingerprint density at radius 2 is 1.94 bits per heavy atom. The molecule has 8 nitrogen and oxygen atoms in total. The highest BCUT2D eigenvalue weighted by molar-refractivity contribution is 6.12. The van der Waals surface area contributed by atoms with Crippen LogP contribution in [0.4, 0.5) is 25.2 Å². The molecule has 10 heteroatoms. The highest BCUT2D eigenvalue weighted by Gasteiger charge is 2.53. The molecular weight excluding hydrogens is 446 g/mol. The van der Waals surface area contributed by atoms with Gasteiger partial charge in [-0.25, -0.2) is 18.6 Å². The molecule has 5 rings (SSSR count). The number of fused-ring (bicyclic) bond motifs is 2. The van der Waals surface area contributed by atoms with Gasteiger partial charge in [-0.2, -0.15) is 0 Å². The quantitative estimate of drug-likeness (QED) is 0.347. The number of H-pyrrole nitrogens is 1. The molecule has 4 aromatic rings. The number of rotatable bonds is 3. The molecule has 168 valence electrons. The van der Waals surface area contributed by atoms with Gasteiger partial charge in [-0.1, -0.05) is 24.1 Å². The van der Waals surface area contributed by atoms with Crippen LogP contribution in [0.1, 0.15) is 27.0 Å². The zero-order valence-corrected chi connectivity index (χ0v) is 17.1. The van der Waals surface area contributed by atoms with E-state index in [4.69, 9.17) is 11.5 Å². The molecular formula is C24H14F2N4O4. The van der Waals surface area contributed by atoms with E-state index < -0.39 is 29.4 Å². The number of aromatic amines is 1. The molecule has 0 bridgehead atoms. The van der Waals surface area contributed by atoms with Crippen LogP contribution in [0.25, 0.3) is 11.0 Å². The third-order valence-electron chi connectivity index (χ3n) is 5.60. The highest BCUT2D eigenvalue weighted by Crippen LogP contribution is 2.47. The molecule has 34 heavy (non-hydrogen) atoms. The third-order valence-corrected chi connectivity index (χ3v) is 5.60. The molecule has 0 saturated carbocycles. The van der Waals surface area contributed by atoms with Gasteiger partial charge >= 0.3 is 6.09 Å². The van der Waals surface area contributed by atoms with Gasteiger partial charge in [0.15, 0.2) is 5.82 Å². The summed E-state index contributed by atoms with van der Waals surface area (Å²) in [5.74, 6) is -0.533. The summed E-state index contributed by atoms with van der Waals surface area (Å²) in [6.07, 6.45) is 4.02. The Labute approximate surface area is 190 Å². The Kier molecular flexibility index (Phi) is 4.59. The molecule has 0 aliphatic carbocycles. The first-order chi connectivity index (χ1) is 16.3. The van der Waals surface area contributed by atoms with E-state index in [2.05, 4.69) is 21.2 Å². The minimum atomic E-state index is -2.45. The van der Waals surface area contributed by atoms with Gasteiger partial charge in [0, 0.05) is 5.56 Å². The summed E-state index contributed by atoms with van der Waals surface area (Å²) in [7, 11) is 0. The largest absolute Gasteiger partial charge is 0.465 e. The molecule has 0 spiro atoms. The molecule has 1 atom stereocenters. The summed E-state index contributed by atoms with van der Waals surface area (Å²) in [6, 6.07) is 11.9. The second-order valence-electron chi connectivity index (χ2n) is 7.51. The molecule has 1 unspecified atom stereocenters. The van der Waals surface area contributed by atoms with Crippen LogP contribution in [0.2, 0.25) is 0 Å². The predicted octanol–water partition coefficient (Wildman–Crippen LogP) is 3.77. The van der Waals surface area contributed by atoms with E-state index >= 15 is 8.78 Å². The number of hydrogen-bond acceptors (Lipinski definition) is 4. The van der Waals surface area contributed by atoms with Crippen LogP contribution in [0.15, 0.2) is 54.6 Å². The lowest BCUT2D eigenvalue weighted by Crippen LogP contribution is -2.46. The van der Waals surface area contributed by atoms with Gasteiger partial charge in [0.05, 0.1) is 33.4 Å². The van der Waals surface area contributed by atoms with E-state index in [-0.39, 0.29) is 39.4 Å². The van der Waals surface area contributed by atoms with Gasteiger partial charge < -0.3 is 15.2 Å². The molecule has 1 aliphatic heterocycles. The lowest BCUT2D eigenvalue weighted by atomic mass is 9.92. The van der Waals surface area contributed by atoms with Crippen molar-refractivity contribution in [3.05, 3.63) is 88.5 Å². The number of terminal acetylenes is 1. The highest BCUT2D eigenvalue weighted by atomic mass is 19.1. The third kappa shape index (κ3) is 2.92. The number of benzene rings is 3. The van der Waals surface area contributed by atoms with Crippen LogP contribution in [-0.2, 0) is 5.72 Å². The maximum Gasteiger partial charge on any atom is 0.411 e. The number of nitrogens with one attached hydrogen (secondary N) is 2. The van der Waals surface area contributed by atoms with E-state index in [9.17, 15) is 14.7 Å². The average molecular weight is 460 g/mol. The molecule has 2 amide bonds. The summed E-state index contributed by atoms with van der Waals surface area (Å²) in [6.45, 7) is 0. The Bertz CT molecular complexity index is 1560. The van der Waals surface area contributed by atoms with E-state index in [1.807, 2.05) is 0 Å². The molecule has 0 radical (unpaired) electrons. The number of carboxylic acid groups (broad SMARTS) is 1. The van der Waals surface area contributed by atoms with Crippen molar-refractivity contribution in [2.75, 3.05) is 10.2 Å². The first-order valence-corrected chi connectivity index (χ1v) is 9.87. The van der Waals surface area contributed by atoms with Crippen LogP contribution < -0.4 is 10.2 Å². The van der Waals surface area contributed by atoms with E-state index in [0.29, 0.717) is 5.52 Å². The first-order valence-electron chi connectivity index (χ1n) is 9.87. The maximum atomic E-state index is 15.2. The molecule has 2 heterocycles. The normalized spacial score (nSPS) is 17.0. The number of anilines is 2. The summed E-state index contributed by atoms with van der Waals surface area (Å²) in [4.78, 5) is 31.8. The number of aliphatic hydroxyl groups is 1. The average Bonchev–Trinajstić information content (AvgIpc) is 3.30. The fourth-order valence-corrected chi connectivity index (χ4v) is 4.18. The second kappa shape index (κ2) is 7.40. The van der Waals surface area contributed by atoms with Crippen molar-refractivity contribution >= 4 is 34.7 Å². The zero-order chi connectivity index (χ0) is 24.2. The fraction of sp³-hybridized carbons (Fsp3) is 0.0417. The van der Waals surface area contributed by atoms with Crippen molar-refractivity contribution in [3.8, 4) is 12.3 Å². The van der Waals surface area contributed by atoms with Crippen LogP contribution in [0.5, 0.6) is 0 Å². The Balaban J connectivity index is 1.77. The van der Waals surface area contributed by atoms with Gasteiger partial charge in [-0.15, -0.1) is 6.42 Å². The Hall–Kier alpha value is -4.75. The summed E-state index contributed by atoms with van der Waals surface area (Å²) >= 11 is 0. The number of carbonyl (C=O) groups is 2. The number of amides is 2. The molecule has 1 aromatic heterocycles. The first kappa shape index (κ1) is 21.1. The lowest BCUT2D eigenvalue weighted by Gasteiger charge is -2.35. The van der Waals surface area contributed by atoms with Crippen LogP contribution >= 0.6 is 0 Å². The summed E-state index contributed by atoms with van der Waals surface area (Å²) in [5, 5.41) is 23.0. The van der Waals surface area contributed by atoms with Crippen molar-refractivity contribution in [3.63, 3.8) is 0 Å². The molecule has 0 fully saturated rings. The van der Waals surface area contributed by atoms with Crippen LogP contribution in [0, 0.1) is 24.0 Å². The second-order valence-corrected chi connectivity index (χ2v) is 7.51. The monoisotopic (exact) mass is 460 g/mol. The number of imidazole rings is 1.